The van der Waals surface area contributed by atoms with Gasteiger partial charge < -0.3 is 34.4 Å². The van der Waals surface area contributed by atoms with Crippen molar-refractivity contribution in [2.75, 3.05) is 65.2 Å². The Balaban J connectivity index is 1.70. The van der Waals surface area contributed by atoms with Gasteiger partial charge in [0, 0.05) is 41.8 Å². The highest BCUT2D eigenvalue weighted by molar-refractivity contribution is 6.34. The highest BCUT2D eigenvalue weighted by atomic mass is 35.5. The third-order valence-corrected chi connectivity index (χ3v) is 5.98. The van der Waals surface area contributed by atoms with Gasteiger partial charge in [-0.25, -0.2) is 4.79 Å². The Morgan fingerprint density at radius 3 is 2.35 bits per heavy atom. The molecule has 218 valence electrons. The number of fused-ring (bicyclic) bond motifs is 1. The summed E-state index contributed by atoms with van der Waals surface area (Å²) in [4.78, 5) is 34.4. The first-order valence-electron chi connectivity index (χ1n) is 12.8. The zero-order chi connectivity index (χ0) is 29.3. The average Bonchev–Trinajstić information content (AvgIpc) is 3.32. The number of amides is 1. The third kappa shape index (κ3) is 8.39. The van der Waals surface area contributed by atoms with Crippen LogP contribution in [0.1, 0.15) is 31.1 Å². The van der Waals surface area contributed by atoms with Crippen molar-refractivity contribution in [3.05, 3.63) is 41.0 Å². The largest absolute Gasteiger partial charge is 0.480 e. The summed E-state index contributed by atoms with van der Waals surface area (Å²) in [7, 11) is 3.08. The maximum Gasteiger partial charge on any atom is 0.340 e. The summed E-state index contributed by atoms with van der Waals surface area (Å²) in [5, 5.41) is 1.08. The van der Waals surface area contributed by atoms with Crippen molar-refractivity contribution in [2.45, 2.75) is 26.4 Å². The molecular formula is C28H37ClN4O7. The molecule has 0 aliphatic heterocycles. The number of hydrogen-bond acceptors (Lipinski definition) is 9. The summed E-state index contributed by atoms with van der Waals surface area (Å²) >= 11 is 6.62. The Kier molecular flexibility index (Phi) is 11.3. The van der Waals surface area contributed by atoms with Crippen LogP contribution in [-0.2, 0) is 23.7 Å². The summed E-state index contributed by atoms with van der Waals surface area (Å²) < 4.78 is 27.1. The molecule has 3 N–H and O–H groups in total. The number of methoxy groups -OCH3 is 1. The predicted molar refractivity (Wildman–Crippen MR) is 153 cm³/mol. The smallest absolute Gasteiger partial charge is 0.340 e. The Hall–Kier alpha value is -3.22. The molecule has 3 rings (SSSR count). The number of nitrogens with two attached hydrogens (primary N) is 1. The number of likely N-dealkylation sites (N-methyl/N-ethyl adjacent to an activating group) is 1. The lowest BCUT2D eigenvalue weighted by Gasteiger charge is -2.19. The van der Waals surface area contributed by atoms with Crippen LogP contribution in [0.4, 0.5) is 5.82 Å². The number of rotatable bonds is 14. The maximum atomic E-state index is 12.8. The van der Waals surface area contributed by atoms with E-state index in [0.29, 0.717) is 71.4 Å². The van der Waals surface area contributed by atoms with Gasteiger partial charge in [-0.1, -0.05) is 11.6 Å². The van der Waals surface area contributed by atoms with Crippen molar-refractivity contribution in [2.24, 2.45) is 5.73 Å². The van der Waals surface area contributed by atoms with Crippen molar-refractivity contribution in [1.29, 1.82) is 0 Å². The molecule has 2 heterocycles. The van der Waals surface area contributed by atoms with Gasteiger partial charge in [0.1, 0.15) is 18.0 Å². The van der Waals surface area contributed by atoms with Gasteiger partial charge >= 0.3 is 5.97 Å². The van der Waals surface area contributed by atoms with Crippen molar-refractivity contribution < 1.29 is 33.3 Å². The van der Waals surface area contributed by atoms with Crippen LogP contribution >= 0.6 is 11.6 Å². The van der Waals surface area contributed by atoms with E-state index < -0.39 is 11.6 Å². The average molecular weight is 577 g/mol. The number of anilines is 1. The molecule has 0 aliphatic carbocycles. The third-order valence-electron chi connectivity index (χ3n) is 5.67. The molecule has 0 bridgehead atoms. The van der Waals surface area contributed by atoms with Gasteiger partial charge in [-0.15, -0.1) is 0 Å². The monoisotopic (exact) mass is 576 g/mol. The standard InChI is InChI=1S/C28H37ClN4O7/c1-28(2,3)40-27(35)21-16-31-23-15-22(29)19(14-20(21)23)18-6-7-24(32-26(18)36-5)33(4)25(34)17-39-13-12-38-11-10-37-9-8-30/h6-7,14-16,31H,8-13,17,30H2,1-5H3. The number of nitrogens with zero attached hydrogens (tertiary/aromatic N) is 2. The summed E-state index contributed by atoms with van der Waals surface area (Å²) in [6, 6.07) is 6.98. The normalized spacial score (nSPS) is 11.6. The van der Waals surface area contributed by atoms with Crippen molar-refractivity contribution in [1.82, 2.24) is 9.97 Å². The van der Waals surface area contributed by atoms with Gasteiger partial charge in [0.15, 0.2) is 0 Å². The van der Waals surface area contributed by atoms with Gasteiger partial charge in [-0.3, -0.25) is 9.69 Å². The molecule has 0 radical (unpaired) electrons. The molecule has 0 saturated heterocycles. The number of pyridine rings is 1. The number of benzene rings is 1. The van der Waals surface area contributed by atoms with E-state index in [1.54, 1.807) is 37.5 Å². The molecule has 0 aliphatic rings. The fourth-order valence-electron chi connectivity index (χ4n) is 3.74. The first-order chi connectivity index (χ1) is 19.1. The van der Waals surface area contributed by atoms with E-state index in [1.165, 1.54) is 12.0 Å². The minimum atomic E-state index is -0.638. The van der Waals surface area contributed by atoms with Gasteiger partial charge in [-0.2, -0.15) is 4.98 Å². The summed E-state index contributed by atoms with van der Waals surface area (Å²) in [6.45, 7) is 7.74. The van der Waals surface area contributed by atoms with E-state index in [2.05, 4.69) is 9.97 Å². The lowest BCUT2D eigenvalue weighted by Crippen LogP contribution is -2.31. The molecule has 40 heavy (non-hydrogen) atoms. The Labute approximate surface area is 238 Å². The second-order valence-corrected chi connectivity index (χ2v) is 10.2. The molecule has 11 nitrogen and oxygen atoms in total. The first kappa shape index (κ1) is 31.3. The van der Waals surface area contributed by atoms with E-state index in [0.717, 1.165) is 0 Å². The Morgan fingerprint density at radius 1 is 1.02 bits per heavy atom. The van der Waals surface area contributed by atoms with Gasteiger partial charge in [0.05, 0.1) is 50.7 Å². The van der Waals surface area contributed by atoms with E-state index in [1.807, 2.05) is 20.8 Å². The minimum absolute atomic E-state index is 0.140. The maximum absolute atomic E-state index is 12.8. The van der Waals surface area contributed by atoms with Gasteiger partial charge in [0.2, 0.25) is 5.88 Å². The molecule has 0 saturated carbocycles. The van der Waals surface area contributed by atoms with Gasteiger partial charge in [0.25, 0.3) is 5.91 Å². The second-order valence-electron chi connectivity index (χ2n) is 9.83. The molecule has 1 amide bonds. The van der Waals surface area contributed by atoms with Crippen LogP contribution in [0.3, 0.4) is 0 Å². The molecule has 2 aromatic heterocycles. The van der Waals surface area contributed by atoms with Crippen LogP contribution < -0.4 is 15.4 Å². The topological polar surface area (TPSA) is 138 Å². The summed E-state index contributed by atoms with van der Waals surface area (Å²) in [5.74, 6) is -0.102. The van der Waals surface area contributed by atoms with Gasteiger partial charge in [-0.05, 0) is 45.0 Å². The number of ether oxygens (including phenoxy) is 5. The molecular weight excluding hydrogens is 540 g/mol. The molecule has 0 spiro atoms. The van der Waals surface area contributed by atoms with Crippen molar-refractivity contribution in [3.63, 3.8) is 0 Å². The molecule has 12 heteroatoms. The van der Waals surface area contributed by atoms with Crippen LogP contribution in [0.25, 0.3) is 22.0 Å². The van der Waals surface area contributed by atoms with E-state index in [-0.39, 0.29) is 25.0 Å². The quantitative estimate of drug-likeness (QED) is 0.216. The Morgan fingerprint density at radius 2 is 1.70 bits per heavy atom. The lowest BCUT2D eigenvalue weighted by atomic mass is 10.0. The SMILES string of the molecule is COc1nc(N(C)C(=O)COCCOCCOCCN)ccc1-c1cc2c(C(=O)OC(C)(C)C)c[nH]c2cc1Cl. The number of nitrogens with one attached hydrogen (secondary N) is 1. The van der Waals surface area contributed by atoms with Crippen LogP contribution in [0.5, 0.6) is 5.88 Å². The zero-order valence-corrected chi connectivity index (χ0v) is 24.3. The van der Waals surface area contributed by atoms with Crippen LogP contribution in [0.2, 0.25) is 5.02 Å². The van der Waals surface area contributed by atoms with E-state index >= 15 is 0 Å². The highest BCUT2D eigenvalue weighted by Crippen LogP contribution is 2.38. The van der Waals surface area contributed by atoms with Crippen molar-refractivity contribution >= 4 is 40.2 Å². The summed E-state index contributed by atoms with van der Waals surface area (Å²) in [6.07, 6.45) is 1.60. The van der Waals surface area contributed by atoms with E-state index in [4.69, 9.17) is 41.0 Å². The van der Waals surface area contributed by atoms with Crippen LogP contribution in [-0.4, -0.2) is 87.8 Å². The number of carbonyl (C=O) groups excluding carboxylic acids is 2. The molecule has 0 atom stereocenters. The zero-order valence-electron chi connectivity index (χ0n) is 23.5. The van der Waals surface area contributed by atoms with Crippen LogP contribution in [0, 0.1) is 0 Å². The van der Waals surface area contributed by atoms with Crippen LogP contribution in [0.15, 0.2) is 30.5 Å². The molecule has 3 aromatic rings. The molecule has 1 aromatic carbocycles. The number of esters is 1. The predicted octanol–water partition coefficient (Wildman–Crippen LogP) is 3.82. The summed E-state index contributed by atoms with van der Waals surface area (Å²) in [5.41, 5.74) is 7.00. The number of halogens is 1. The fraction of sp³-hybridized carbons (Fsp3) is 0.464. The van der Waals surface area contributed by atoms with E-state index in [9.17, 15) is 9.59 Å². The number of aromatic nitrogens is 2. The Bertz CT molecular complexity index is 1310. The first-order valence-corrected chi connectivity index (χ1v) is 13.2. The second kappa shape index (κ2) is 14.4. The molecule has 0 fully saturated rings. The number of carbonyl (C=O) groups is 2. The lowest BCUT2D eigenvalue weighted by molar-refractivity contribution is -0.123. The fourth-order valence-corrected chi connectivity index (χ4v) is 4.00. The molecule has 0 unspecified atom stereocenters. The number of H-pyrrole nitrogens is 1. The highest BCUT2D eigenvalue weighted by Gasteiger charge is 2.23. The number of hydrogen-bond donors (Lipinski definition) is 2. The minimum Gasteiger partial charge on any atom is -0.480 e. The van der Waals surface area contributed by atoms with Crippen molar-refractivity contribution in [3.8, 4) is 17.0 Å². The number of aromatic amines is 1.